The molecule has 106 valence electrons. The fraction of sp³-hybridized carbons (Fsp3) is 0.200. The molecule has 20 heavy (non-hydrogen) atoms. The lowest BCUT2D eigenvalue weighted by atomic mass is 9.99. The molecule has 0 amide bonds. The van der Waals surface area contributed by atoms with E-state index in [1.807, 2.05) is 30.3 Å². The normalized spacial score (nSPS) is 12.2. The number of nitrogens with two attached hydrogens (primary N) is 1. The van der Waals surface area contributed by atoms with Gasteiger partial charge in [0.15, 0.2) is 0 Å². The van der Waals surface area contributed by atoms with Gasteiger partial charge in [0.25, 0.3) is 0 Å². The van der Waals surface area contributed by atoms with Crippen LogP contribution in [0.5, 0.6) is 5.75 Å². The van der Waals surface area contributed by atoms with Crippen molar-refractivity contribution in [1.82, 2.24) is 0 Å². The number of benzene rings is 2. The van der Waals surface area contributed by atoms with Gasteiger partial charge in [-0.2, -0.15) is 0 Å². The molecule has 0 heterocycles. The fourth-order valence-corrected chi connectivity index (χ4v) is 2.90. The van der Waals surface area contributed by atoms with Crippen molar-refractivity contribution < 1.29 is 4.74 Å². The van der Waals surface area contributed by atoms with E-state index in [-0.39, 0.29) is 6.04 Å². The van der Waals surface area contributed by atoms with Crippen molar-refractivity contribution in [3.05, 3.63) is 62.0 Å². The van der Waals surface area contributed by atoms with Gasteiger partial charge >= 0.3 is 0 Å². The van der Waals surface area contributed by atoms with Gasteiger partial charge in [0, 0.05) is 15.5 Å². The van der Waals surface area contributed by atoms with E-state index in [0.29, 0.717) is 16.5 Å². The van der Waals surface area contributed by atoms with Gasteiger partial charge in [0.2, 0.25) is 0 Å². The third-order valence-corrected chi connectivity index (χ3v) is 4.61. The number of halogens is 3. The van der Waals surface area contributed by atoms with Crippen LogP contribution in [0, 0.1) is 0 Å². The first-order chi connectivity index (χ1) is 9.52. The molecule has 0 saturated heterocycles. The van der Waals surface area contributed by atoms with Crippen molar-refractivity contribution in [1.29, 1.82) is 0 Å². The highest BCUT2D eigenvalue weighted by molar-refractivity contribution is 9.10. The highest BCUT2D eigenvalue weighted by Crippen LogP contribution is 2.32. The Balaban J connectivity index is 2.30. The molecule has 0 spiro atoms. The minimum atomic E-state index is -0.229. The zero-order valence-corrected chi connectivity index (χ0v) is 14.0. The Hall–Kier alpha value is -0.740. The quantitative estimate of drug-likeness (QED) is 0.816. The smallest absolute Gasteiger partial charge is 0.122 e. The molecule has 1 atom stereocenters. The van der Waals surface area contributed by atoms with Crippen LogP contribution in [-0.2, 0) is 6.42 Å². The van der Waals surface area contributed by atoms with Crippen molar-refractivity contribution in [2.45, 2.75) is 12.5 Å². The molecule has 0 radical (unpaired) electrons. The number of ether oxygens (including phenoxy) is 1. The predicted molar refractivity (Wildman–Crippen MR) is 87.8 cm³/mol. The van der Waals surface area contributed by atoms with Gasteiger partial charge in [-0.15, -0.1) is 0 Å². The number of hydrogen-bond acceptors (Lipinski definition) is 2. The van der Waals surface area contributed by atoms with Gasteiger partial charge in [-0.05, 0) is 57.7 Å². The molecule has 0 aliphatic heterocycles. The molecule has 2 N–H and O–H groups in total. The molecule has 2 aromatic carbocycles. The summed E-state index contributed by atoms with van der Waals surface area (Å²) in [6.45, 7) is 0. The van der Waals surface area contributed by atoms with E-state index in [1.54, 1.807) is 13.2 Å². The van der Waals surface area contributed by atoms with Crippen molar-refractivity contribution in [3.8, 4) is 5.75 Å². The lowest BCUT2D eigenvalue weighted by Crippen LogP contribution is -2.14. The van der Waals surface area contributed by atoms with E-state index in [9.17, 15) is 0 Å². The fourth-order valence-electron chi connectivity index (χ4n) is 2.06. The van der Waals surface area contributed by atoms with Crippen molar-refractivity contribution >= 4 is 39.1 Å². The maximum atomic E-state index is 6.28. The number of methoxy groups -OCH3 is 1. The molecule has 0 aliphatic rings. The number of hydrogen-bond donors (Lipinski definition) is 1. The monoisotopic (exact) mass is 373 g/mol. The standard InChI is InChI=1S/C15H14BrCl2NO/c1-20-14-6-5-10(17)7-9(14)8-13(19)11-3-2-4-12(16)15(11)18/h2-7,13H,8,19H2,1H3. The van der Waals surface area contributed by atoms with E-state index in [4.69, 9.17) is 33.7 Å². The molecule has 0 aliphatic carbocycles. The molecule has 5 heteroatoms. The van der Waals surface area contributed by atoms with Gasteiger partial charge in [0.05, 0.1) is 12.1 Å². The Bertz CT molecular complexity index is 619. The van der Waals surface area contributed by atoms with Crippen LogP contribution in [0.25, 0.3) is 0 Å². The highest BCUT2D eigenvalue weighted by atomic mass is 79.9. The van der Waals surface area contributed by atoms with Gasteiger partial charge in [-0.1, -0.05) is 35.3 Å². The summed E-state index contributed by atoms with van der Waals surface area (Å²) in [7, 11) is 1.63. The molecule has 0 saturated carbocycles. The molecule has 2 nitrogen and oxygen atoms in total. The first kappa shape index (κ1) is 15.6. The molecule has 2 rings (SSSR count). The first-order valence-corrected chi connectivity index (χ1v) is 7.59. The Morgan fingerprint density at radius 1 is 1.25 bits per heavy atom. The van der Waals surface area contributed by atoms with Crippen LogP contribution in [0.2, 0.25) is 10.0 Å². The van der Waals surface area contributed by atoms with Crippen molar-refractivity contribution in [3.63, 3.8) is 0 Å². The number of rotatable bonds is 4. The van der Waals surface area contributed by atoms with E-state index < -0.39 is 0 Å². The van der Waals surface area contributed by atoms with Crippen molar-refractivity contribution in [2.75, 3.05) is 7.11 Å². The third-order valence-electron chi connectivity index (χ3n) is 3.06. The summed E-state index contributed by atoms with van der Waals surface area (Å²) in [5.74, 6) is 0.774. The topological polar surface area (TPSA) is 35.2 Å². The lowest BCUT2D eigenvalue weighted by Gasteiger charge is -2.16. The zero-order valence-electron chi connectivity index (χ0n) is 10.9. The minimum absolute atomic E-state index is 0.229. The second kappa shape index (κ2) is 6.81. The second-order valence-corrected chi connectivity index (χ2v) is 6.08. The van der Waals surface area contributed by atoms with Gasteiger partial charge in [-0.3, -0.25) is 0 Å². The Morgan fingerprint density at radius 2 is 2.00 bits per heavy atom. The lowest BCUT2D eigenvalue weighted by molar-refractivity contribution is 0.408. The summed E-state index contributed by atoms with van der Waals surface area (Å²) in [4.78, 5) is 0. The van der Waals surface area contributed by atoms with E-state index in [0.717, 1.165) is 21.3 Å². The van der Waals surface area contributed by atoms with Crippen LogP contribution in [0.4, 0.5) is 0 Å². The Morgan fingerprint density at radius 3 is 2.70 bits per heavy atom. The molecular formula is C15H14BrCl2NO. The Labute approximate surface area is 137 Å². The Kier molecular flexibility index (Phi) is 5.33. The summed E-state index contributed by atoms with van der Waals surface area (Å²) in [6, 6.07) is 11.0. The second-order valence-electron chi connectivity index (χ2n) is 4.41. The van der Waals surface area contributed by atoms with Crippen LogP contribution in [-0.4, -0.2) is 7.11 Å². The van der Waals surface area contributed by atoms with Crippen molar-refractivity contribution in [2.24, 2.45) is 5.73 Å². The van der Waals surface area contributed by atoms with Crippen LogP contribution in [0.1, 0.15) is 17.2 Å². The molecular weight excluding hydrogens is 361 g/mol. The first-order valence-electron chi connectivity index (χ1n) is 6.05. The van der Waals surface area contributed by atoms with Crippen LogP contribution in [0.15, 0.2) is 40.9 Å². The van der Waals surface area contributed by atoms with E-state index in [1.165, 1.54) is 0 Å². The van der Waals surface area contributed by atoms with E-state index in [2.05, 4.69) is 15.9 Å². The average Bonchev–Trinajstić information content (AvgIpc) is 2.42. The highest BCUT2D eigenvalue weighted by Gasteiger charge is 2.15. The summed E-state index contributed by atoms with van der Waals surface area (Å²) in [5, 5.41) is 1.30. The molecule has 0 bridgehead atoms. The summed E-state index contributed by atoms with van der Waals surface area (Å²) >= 11 is 15.7. The largest absolute Gasteiger partial charge is 0.496 e. The van der Waals surface area contributed by atoms with Gasteiger partial charge < -0.3 is 10.5 Å². The van der Waals surface area contributed by atoms with Crippen LogP contribution >= 0.6 is 39.1 Å². The molecule has 0 fully saturated rings. The van der Waals surface area contributed by atoms with Gasteiger partial charge in [-0.25, -0.2) is 0 Å². The summed E-state index contributed by atoms with van der Waals surface area (Å²) in [5.41, 5.74) is 8.12. The third kappa shape index (κ3) is 3.47. The maximum absolute atomic E-state index is 6.28. The van der Waals surface area contributed by atoms with Crippen LogP contribution in [0.3, 0.4) is 0 Å². The summed E-state index contributed by atoms with van der Waals surface area (Å²) < 4.78 is 6.17. The molecule has 2 aromatic rings. The minimum Gasteiger partial charge on any atom is -0.496 e. The van der Waals surface area contributed by atoms with E-state index >= 15 is 0 Å². The molecule has 1 unspecified atom stereocenters. The SMILES string of the molecule is COc1ccc(Cl)cc1CC(N)c1cccc(Br)c1Cl. The summed E-state index contributed by atoms with van der Waals surface area (Å²) in [6.07, 6.45) is 0.597. The zero-order chi connectivity index (χ0) is 14.7. The average molecular weight is 375 g/mol. The van der Waals surface area contributed by atoms with Crippen LogP contribution < -0.4 is 10.5 Å². The maximum Gasteiger partial charge on any atom is 0.122 e. The van der Waals surface area contributed by atoms with Gasteiger partial charge in [0.1, 0.15) is 5.75 Å². The predicted octanol–water partition coefficient (Wildman–Crippen LogP) is 5.01. The molecule has 0 aromatic heterocycles.